The first-order valence-corrected chi connectivity index (χ1v) is 8.73. The van der Waals surface area contributed by atoms with Crippen molar-refractivity contribution in [2.24, 2.45) is 0 Å². The van der Waals surface area contributed by atoms with Gasteiger partial charge in [-0.25, -0.2) is 9.97 Å². The zero-order chi connectivity index (χ0) is 19.1. The lowest BCUT2D eigenvalue weighted by molar-refractivity contribution is -0.384. The third-order valence-electron chi connectivity index (χ3n) is 4.09. The minimum Gasteiger partial charge on any atom is -0.342 e. The summed E-state index contributed by atoms with van der Waals surface area (Å²) < 4.78 is 0. The van der Waals surface area contributed by atoms with Crippen LogP contribution in [0.2, 0.25) is 0 Å². The van der Waals surface area contributed by atoms with Gasteiger partial charge in [-0.15, -0.1) is 0 Å². The zero-order valence-electron chi connectivity index (χ0n) is 13.5. The maximum atomic E-state index is 10.9. The molecule has 0 saturated heterocycles. The molecule has 27 heavy (non-hydrogen) atoms. The van der Waals surface area contributed by atoms with Crippen LogP contribution in [0.5, 0.6) is 0 Å². The predicted octanol–water partition coefficient (Wildman–Crippen LogP) is 3.93. The number of alkyl halides is 1. The fourth-order valence-electron chi connectivity index (χ4n) is 2.81. The molecule has 2 aromatic heterocycles. The highest BCUT2D eigenvalue weighted by atomic mass is 79.9. The number of halogens is 1. The second-order valence-electron chi connectivity index (χ2n) is 5.89. The molecule has 4 aromatic rings. The number of nitro benzene ring substituents is 2. The van der Waals surface area contributed by atoms with Crippen LogP contribution < -0.4 is 0 Å². The van der Waals surface area contributed by atoms with Crippen molar-refractivity contribution in [1.29, 1.82) is 0 Å². The van der Waals surface area contributed by atoms with E-state index < -0.39 is 9.85 Å². The Morgan fingerprint density at radius 3 is 2.07 bits per heavy atom. The molecule has 0 amide bonds. The molecule has 0 aliphatic rings. The lowest BCUT2D eigenvalue weighted by Gasteiger charge is -2.03. The third kappa shape index (κ3) is 3.24. The molecule has 1 atom stereocenters. The Morgan fingerprint density at radius 2 is 1.48 bits per heavy atom. The Labute approximate surface area is 159 Å². The summed E-state index contributed by atoms with van der Waals surface area (Å²) in [5.74, 6) is 1.25. The number of nitrogens with one attached hydrogen (secondary N) is 2. The van der Waals surface area contributed by atoms with E-state index >= 15 is 0 Å². The molecule has 2 aromatic carbocycles. The number of aromatic nitrogens is 4. The Kier molecular flexibility index (Phi) is 4.07. The van der Waals surface area contributed by atoms with Gasteiger partial charge in [-0.1, -0.05) is 15.9 Å². The number of non-ortho nitro benzene ring substituents is 2. The molecule has 0 aliphatic heterocycles. The van der Waals surface area contributed by atoms with E-state index in [0.29, 0.717) is 40.1 Å². The number of hydrogen-bond donors (Lipinski definition) is 2. The van der Waals surface area contributed by atoms with Crippen molar-refractivity contribution in [1.82, 2.24) is 19.9 Å². The number of nitro groups is 2. The first-order valence-electron chi connectivity index (χ1n) is 7.82. The highest BCUT2D eigenvalue weighted by molar-refractivity contribution is 9.09. The monoisotopic (exact) mass is 430 g/mol. The van der Waals surface area contributed by atoms with Crippen LogP contribution in [-0.2, 0) is 6.42 Å². The molecule has 0 saturated carbocycles. The van der Waals surface area contributed by atoms with E-state index in [-0.39, 0.29) is 16.2 Å². The summed E-state index contributed by atoms with van der Waals surface area (Å²) in [4.78, 5) is 35.6. The molecule has 1 unspecified atom stereocenters. The summed E-state index contributed by atoms with van der Waals surface area (Å²) in [6.45, 7) is 0. The predicted molar refractivity (Wildman–Crippen MR) is 101 cm³/mol. The topological polar surface area (TPSA) is 144 Å². The van der Waals surface area contributed by atoms with Crippen molar-refractivity contribution < 1.29 is 9.85 Å². The second kappa shape index (κ2) is 6.43. The molecule has 136 valence electrons. The van der Waals surface area contributed by atoms with Crippen molar-refractivity contribution in [3.63, 3.8) is 0 Å². The molecule has 0 aliphatic carbocycles. The van der Waals surface area contributed by atoms with Crippen LogP contribution in [0.15, 0.2) is 36.4 Å². The summed E-state index contributed by atoms with van der Waals surface area (Å²) >= 11 is 3.55. The number of hydrogen-bond acceptors (Lipinski definition) is 6. The average Bonchev–Trinajstić information content (AvgIpc) is 3.23. The standard InChI is InChI=1S/C16H11BrN6O4/c17-10(16-20-12-4-2-9(23(26)27)6-14(12)21-16)7-15-18-11-3-1-8(22(24)25)5-13(11)19-15/h1-6,10H,7H2,(H,18,19)(H,20,21). The van der Waals surface area contributed by atoms with E-state index in [4.69, 9.17) is 0 Å². The van der Waals surface area contributed by atoms with Gasteiger partial charge in [-0.2, -0.15) is 0 Å². The average molecular weight is 431 g/mol. The van der Waals surface area contributed by atoms with Crippen LogP contribution >= 0.6 is 15.9 Å². The van der Waals surface area contributed by atoms with Gasteiger partial charge in [0.2, 0.25) is 0 Å². The van der Waals surface area contributed by atoms with Crippen LogP contribution in [0.3, 0.4) is 0 Å². The Bertz CT molecular complexity index is 1200. The number of aromatic amines is 2. The summed E-state index contributed by atoms with van der Waals surface area (Å²) in [6, 6.07) is 8.87. The Morgan fingerprint density at radius 1 is 0.926 bits per heavy atom. The maximum Gasteiger partial charge on any atom is 0.271 e. The van der Waals surface area contributed by atoms with Gasteiger partial charge in [0.05, 0.1) is 36.7 Å². The molecule has 0 fully saturated rings. The van der Waals surface area contributed by atoms with Gasteiger partial charge in [-0.3, -0.25) is 20.2 Å². The van der Waals surface area contributed by atoms with Gasteiger partial charge >= 0.3 is 0 Å². The highest BCUT2D eigenvalue weighted by Crippen LogP contribution is 2.28. The van der Waals surface area contributed by atoms with E-state index in [0.717, 1.165) is 0 Å². The van der Waals surface area contributed by atoms with Gasteiger partial charge in [0.15, 0.2) is 0 Å². The Hall–Kier alpha value is -3.34. The van der Waals surface area contributed by atoms with E-state index in [2.05, 4.69) is 35.9 Å². The smallest absolute Gasteiger partial charge is 0.271 e. The third-order valence-corrected chi connectivity index (χ3v) is 4.85. The van der Waals surface area contributed by atoms with E-state index in [1.54, 1.807) is 12.1 Å². The number of fused-ring (bicyclic) bond motifs is 2. The molecule has 0 spiro atoms. The van der Waals surface area contributed by atoms with Gasteiger partial charge < -0.3 is 9.97 Å². The van der Waals surface area contributed by atoms with Gasteiger partial charge in [0.25, 0.3) is 11.4 Å². The SMILES string of the molecule is O=[N+]([O-])c1ccc2nc(CC(Br)c3nc4ccc([N+](=O)[O-])cc4[nH]3)[nH]c2c1. The summed E-state index contributed by atoms with van der Waals surface area (Å²) in [5.41, 5.74) is 2.40. The van der Waals surface area contributed by atoms with Crippen LogP contribution in [0.4, 0.5) is 11.4 Å². The van der Waals surface area contributed by atoms with Crippen molar-refractivity contribution in [3.8, 4) is 0 Å². The molecule has 0 radical (unpaired) electrons. The molecular weight excluding hydrogens is 420 g/mol. The van der Waals surface area contributed by atoms with Crippen molar-refractivity contribution in [2.75, 3.05) is 0 Å². The van der Waals surface area contributed by atoms with Crippen LogP contribution in [0, 0.1) is 20.2 Å². The largest absolute Gasteiger partial charge is 0.342 e. The quantitative estimate of drug-likeness (QED) is 0.278. The first kappa shape index (κ1) is 17.1. The van der Waals surface area contributed by atoms with E-state index in [1.165, 1.54) is 24.3 Å². The second-order valence-corrected chi connectivity index (χ2v) is 7.00. The van der Waals surface area contributed by atoms with E-state index in [9.17, 15) is 20.2 Å². The van der Waals surface area contributed by atoms with Gasteiger partial charge in [0, 0.05) is 30.7 Å². The number of imidazole rings is 2. The first-order chi connectivity index (χ1) is 12.9. The van der Waals surface area contributed by atoms with Crippen molar-refractivity contribution >= 4 is 49.4 Å². The highest BCUT2D eigenvalue weighted by Gasteiger charge is 2.18. The lowest BCUT2D eigenvalue weighted by atomic mass is 10.3. The molecule has 10 nitrogen and oxygen atoms in total. The van der Waals surface area contributed by atoms with Gasteiger partial charge in [0.1, 0.15) is 11.6 Å². The van der Waals surface area contributed by atoms with Crippen LogP contribution in [-0.4, -0.2) is 29.8 Å². The molecule has 4 rings (SSSR count). The van der Waals surface area contributed by atoms with Gasteiger partial charge in [-0.05, 0) is 12.1 Å². The minimum absolute atomic E-state index is 0.00743. The number of nitrogens with zero attached hydrogens (tertiary/aromatic N) is 4. The zero-order valence-corrected chi connectivity index (χ0v) is 15.1. The number of H-pyrrole nitrogens is 2. The number of rotatable bonds is 5. The lowest BCUT2D eigenvalue weighted by Crippen LogP contribution is -1.99. The molecular formula is C16H11BrN6O4. The summed E-state index contributed by atoms with van der Waals surface area (Å²) in [6.07, 6.45) is 0.449. The summed E-state index contributed by atoms with van der Waals surface area (Å²) in [5, 5.41) is 21.8. The summed E-state index contributed by atoms with van der Waals surface area (Å²) in [7, 11) is 0. The van der Waals surface area contributed by atoms with Crippen molar-refractivity contribution in [3.05, 3.63) is 68.3 Å². The fraction of sp³-hybridized carbons (Fsp3) is 0.125. The fourth-order valence-corrected chi connectivity index (χ4v) is 3.33. The Balaban J connectivity index is 1.60. The molecule has 0 bridgehead atoms. The normalized spacial score (nSPS) is 12.5. The molecule has 2 N–H and O–H groups in total. The molecule has 2 heterocycles. The maximum absolute atomic E-state index is 10.9. The minimum atomic E-state index is -0.459. The van der Waals surface area contributed by atoms with E-state index in [1.807, 2.05) is 0 Å². The van der Waals surface area contributed by atoms with Crippen molar-refractivity contribution in [2.45, 2.75) is 11.2 Å². The molecule has 11 heteroatoms. The van der Waals surface area contributed by atoms with Crippen LogP contribution in [0.25, 0.3) is 22.1 Å². The van der Waals surface area contributed by atoms with Crippen LogP contribution in [0.1, 0.15) is 16.5 Å². The number of benzene rings is 2.